The summed E-state index contributed by atoms with van der Waals surface area (Å²) in [4.78, 5) is 15.6. The number of benzene rings is 1. The van der Waals surface area contributed by atoms with E-state index in [1.165, 1.54) is 0 Å². The second-order valence-corrected chi connectivity index (χ2v) is 9.32. The van der Waals surface area contributed by atoms with Crippen LogP contribution in [0.2, 0.25) is 0 Å². The maximum atomic E-state index is 10.6. The number of hydrogen-bond donors (Lipinski definition) is 4. The summed E-state index contributed by atoms with van der Waals surface area (Å²) in [7, 11) is 0. The predicted octanol–water partition coefficient (Wildman–Crippen LogP) is 3.62. The lowest BCUT2D eigenvalue weighted by Crippen LogP contribution is -2.49. The zero-order valence-electron chi connectivity index (χ0n) is 20.0. The zero-order valence-corrected chi connectivity index (χ0v) is 20.0. The number of aliphatic carboxylic acids is 1. The van der Waals surface area contributed by atoms with Crippen molar-refractivity contribution in [2.45, 2.75) is 51.4 Å². The first-order valence-electron chi connectivity index (χ1n) is 11.2. The molecule has 0 saturated carbocycles. The van der Waals surface area contributed by atoms with Gasteiger partial charge < -0.3 is 20.4 Å². The standard InChI is InChI=1S/C21H27N7O.C2HF3O2/c1-21(2,3)25-16-6-8-28(9-7-16)20-22-13-18(26-27-20)17-5-4-14(10-19(17)29)15-11-23-24-12-15;3-2(4,5)1(6)7/h4-5,10-13,16,25,29H,6-9H2,1-3H3,(H,23,24);(H,6,7). The number of piperidine rings is 1. The number of carboxylic acid groups (broad SMARTS) is 1. The van der Waals surface area contributed by atoms with Gasteiger partial charge in [-0.15, -0.1) is 10.2 Å². The van der Waals surface area contributed by atoms with Crippen molar-refractivity contribution in [3.05, 3.63) is 36.8 Å². The Morgan fingerprint density at radius 2 is 1.78 bits per heavy atom. The number of halogens is 3. The summed E-state index contributed by atoms with van der Waals surface area (Å²) in [6, 6.07) is 5.96. The highest BCUT2D eigenvalue weighted by molar-refractivity contribution is 5.73. The van der Waals surface area contributed by atoms with Crippen molar-refractivity contribution in [3.63, 3.8) is 0 Å². The molecule has 194 valence electrons. The van der Waals surface area contributed by atoms with Crippen LogP contribution in [-0.2, 0) is 4.79 Å². The first-order chi connectivity index (χ1) is 16.8. The number of carboxylic acids is 1. The summed E-state index contributed by atoms with van der Waals surface area (Å²) in [5.74, 6) is -1.98. The van der Waals surface area contributed by atoms with Crippen LogP contribution in [0.25, 0.3) is 22.4 Å². The maximum absolute atomic E-state index is 10.6. The lowest BCUT2D eigenvalue weighted by atomic mass is 10.0. The number of H-pyrrole nitrogens is 1. The van der Waals surface area contributed by atoms with E-state index in [1.54, 1.807) is 24.7 Å². The number of phenolic OH excluding ortho intramolecular Hbond substituents is 1. The third-order valence-corrected chi connectivity index (χ3v) is 5.31. The number of aromatic hydroxyl groups is 1. The summed E-state index contributed by atoms with van der Waals surface area (Å²) in [5.41, 5.74) is 3.08. The van der Waals surface area contributed by atoms with Gasteiger partial charge >= 0.3 is 12.1 Å². The highest BCUT2D eigenvalue weighted by atomic mass is 19.4. The molecule has 1 saturated heterocycles. The molecule has 2 aromatic heterocycles. The van der Waals surface area contributed by atoms with Gasteiger partial charge in [0.25, 0.3) is 0 Å². The number of nitrogens with one attached hydrogen (secondary N) is 2. The average molecular weight is 508 g/mol. The van der Waals surface area contributed by atoms with E-state index in [2.05, 4.69) is 56.4 Å². The number of anilines is 1. The molecule has 3 aromatic rings. The first kappa shape index (κ1) is 26.9. The van der Waals surface area contributed by atoms with Crippen LogP contribution in [0, 0.1) is 0 Å². The number of carbonyl (C=O) groups is 1. The molecule has 1 aliphatic rings. The van der Waals surface area contributed by atoms with E-state index in [9.17, 15) is 18.3 Å². The molecule has 1 aliphatic heterocycles. The highest BCUT2D eigenvalue weighted by Crippen LogP contribution is 2.32. The quantitative estimate of drug-likeness (QED) is 0.417. The molecule has 13 heteroatoms. The Morgan fingerprint density at radius 3 is 2.25 bits per heavy atom. The molecule has 4 rings (SSSR count). The number of aromatic amines is 1. The lowest BCUT2D eigenvalue weighted by molar-refractivity contribution is -0.192. The Bertz CT molecular complexity index is 1140. The summed E-state index contributed by atoms with van der Waals surface area (Å²) < 4.78 is 31.7. The minimum Gasteiger partial charge on any atom is -0.507 e. The summed E-state index contributed by atoms with van der Waals surface area (Å²) in [6.07, 6.45) is 2.20. The molecule has 0 radical (unpaired) electrons. The monoisotopic (exact) mass is 507 g/mol. The van der Waals surface area contributed by atoms with Crippen LogP contribution in [0.3, 0.4) is 0 Å². The van der Waals surface area contributed by atoms with Crippen molar-refractivity contribution in [1.29, 1.82) is 0 Å². The molecule has 0 spiro atoms. The van der Waals surface area contributed by atoms with Gasteiger partial charge in [0, 0.05) is 42.0 Å². The number of hydrogen-bond acceptors (Lipinski definition) is 8. The van der Waals surface area contributed by atoms with Crippen molar-refractivity contribution in [2.75, 3.05) is 18.0 Å². The summed E-state index contributed by atoms with van der Waals surface area (Å²) in [6.45, 7) is 8.39. The molecule has 0 aliphatic carbocycles. The third-order valence-electron chi connectivity index (χ3n) is 5.31. The Balaban J connectivity index is 0.000000454. The Morgan fingerprint density at radius 1 is 1.11 bits per heavy atom. The van der Waals surface area contributed by atoms with Crippen LogP contribution in [0.4, 0.5) is 19.1 Å². The van der Waals surface area contributed by atoms with Gasteiger partial charge in [-0.05, 0) is 51.3 Å². The Hall–Kier alpha value is -3.74. The van der Waals surface area contributed by atoms with E-state index in [1.807, 2.05) is 12.1 Å². The summed E-state index contributed by atoms with van der Waals surface area (Å²) in [5, 5.41) is 36.6. The van der Waals surface area contributed by atoms with Gasteiger partial charge in [-0.25, -0.2) is 9.78 Å². The van der Waals surface area contributed by atoms with E-state index in [4.69, 9.17) is 9.90 Å². The van der Waals surface area contributed by atoms with Crippen LogP contribution in [0.1, 0.15) is 33.6 Å². The molecule has 0 amide bonds. The molecular formula is C23H28F3N7O3. The fraction of sp³-hybridized carbons (Fsp3) is 0.435. The summed E-state index contributed by atoms with van der Waals surface area (Å²) >= 11 is 0. The number of alkyl halides is 3. The fourth-order valence-electron chi connectivity index (χ4n) is 3.71. The zero-order chi connectivity index (χ0) is 26.5. The van der Waals surface area contributed by atoms with Crippen molar-refractivity contribution in [1.82, 2.24) is 30.7 Å². The molecule has 0 bridgehead atoms. The van der Waals surface area contributed by atoms with Gasteiger partial charge in [-0.2, -0.15) is 18.3 Å². The largest absolute Gasteiger partial charge is 0.507 e. The van der Waals surface area contributed by atoms with E-state index in [0.717, 1.165) is 37.1 Å². The smallest absolute Gasteiger partial charge is 0.490 e. The molecule has 0 unspecified atom stereocenters. The topological polar surface area (TPSA) is 140 Å². The highest BCUT2D eigenvalue weighted by Gasteiger charge is 2.38. The first-order valence-corrected chi connectivity index (χ1v) is 11.2. The van der Waals surface area contributed by atoms with Gasteiger partial charge in [0.15, 0.2) is 0 Å². The van der Waals surface area contributed by atoms with E-state index in [0.29, 0.717) is 23.2 Å². The van der Waals surface area contributed by atoms with E-state index >= 15 is 0 Å². The van der Waals surface area contributed by atoms with Crippen LogP contribution in [-0.4, -0.2) is 72.4 Å². The van der Waals surface area contributed by atoms with E-state index < -0.39 is 12.1 Å². The fourth-order valence-corrected chi connectivity index (χ4v) is 3.71. The Kier molecular flexibility index (Phi) is 8.13. The lowest BCUT2D eigenvalue weighted by Gasteiger charge is -2.36. The molecular weight excluding hydrogens is 479 g/mol. The number of phenols is 1. The third kappa shape index (κ3) is 7.38. The minimum absolute atomic E-state index is 0.127. The molecule has 1 aromatic carbocycles. The normalized spacial score (nSPS) is 14.8. The number of rotatable bonds is 4. The number of aromatic nitrogens is 5. The SMILES string of the molecule is CC(C)(C)NC1CCN(c2ncc(-c3ccc(-c4cn[nH]c4)cc3O)nn2)CC1.O=C(O)C(F)(F)F. The second kappa shape index (κ2) is 10.9. The molecule has 36 heavy (non-hydrogen) atoms. The molecule has 0 atom stereocenters. The molecule has 10 nitrogen and oxygen atoms in total. The van der Waals surface area contributed by atoms with Crippen molar-refractivity contribution in [3.8, 4) is 28.1 Å². The van der Waals surface area contributed by atoms with Gasteiger partial charge in [0.05, 0.1) is 12.4 Å². The molecule has 3 heterocycles. The van der Waals surface area contributed by atoms with Crippen LogP contribution in [0.15, 0.2) is 36.8 Å². The van der Waals surface area contributed by atoms with Crippen LogP contribution >= 0.6 is 0 Å². The van der Waals surface area contributed by atoms with Crippen LogP contribution < -0.4 is 10.2 Å². The number of nitrogens with zero attached hydrogens (tertiary/aromatic N) is 5. The van der Waals surface area contributed by atoms with Gasteiger partial charge in [-0.1, -0.05) is 6.07 Å². The van der Waals surface area contributed by atoms with Gasteiger partial charge in [0.1, 0.15) is 11.4 Å². The minimum atomic E-state index is -5.08. The average Bonchev–Trinajstić information content (AvgIpc) is 3.34. The Labute approximate surface area is 205 Å². The van der Waals surface area contributed by atoms with E-state index in [-0.39, 0.29) is 11.3 Å². The van der Waals surface area contributed by atoms with Gasteiger partial charge in [0.2, 0.25) is 5.95 Å². The van der Waals surface area contributed by atoms with Crippen molar-refractivity contribution >= 4 is 11.9 Å². The van der Waals surface area contributed by atoms with Gasteiger partial charge in [-0.3, -0.25) is 5.10 Å². The predicted molar refractivity (Wildman–Crippen MR) is 126 cm³/mol. The van der Waals surface area contributed by atoms with Crippen molar-refractivity contribution < 1.29 is 28.2 Å². The second-order valence-electron chi connectivity index (χ2n) is 9.32. The maximum Gasteiger partial charge on any atom is 0.490 e. The molecule has 1 fully saturated rings. The molecule has 4 N–H and O–H groups in total. The van der Waals surface area contributed by atoms with Crippen molar-refractivity contribution in [2.24, 2.45) is 0 Å². The van der Waals surface area contributed by atoms with Crippen LogP contribution in [0.5, 0.6) is 5.75 Å².